The summed E-state index contributed by atoms with van der Waals surface area (Å²) in [6, 6.07) is 3.83. The molecule has 1 rings (SSSR count). The van der Waals surface area contributed by atoms with Gasteiger partial charge in [-0.15, -0.1) is 0 Å². The van der Waals surface area contributed by atoms with Gasteiger partial charge < -0.3 is 0 Å². The van der Waals surface area contributed by atoms with E-state index in [9.17, 15) is 13.2 Å². The number of hydrogen-bond donors (Lipinski definition) is 2. The summed E-state index contributed by atoms with van der Waals surface area (Å²) in [6.07, 6.45) is 0. The summed E-state index contributed by atoms with van der Waals surface area (Å²) in [4.78, 5) is 16.3. The van der Waals surface area contributed by atoms with Crippen molar-refractivity contribution in [2.75, 3.05) is 13.7 Å². The SMILES string of the molecule is CCONC(=O)c1cc(S(=O)(=O)NC)ccc1Cl. The van der Waals surface area contributed by atoms with E-state index in [1.54, 1.807) is 6.92 Å². The highest BCUT2D eigenvalue weighted by molar-refractivity contribution is 7.89. The summed E-state index contributed by atoms with van der Waals surface area (Å²) in [5.74, 6) is -0.602. The largest absolute Gasteiger partial charge is 0.276 e. The van der Waals surface area contributed by atoms with Gasteiger partial charge in [-0.1, -0.05) is 11.6 Å². The van der Waals surface area contributed by atoms with E-state index in [2.05, 4.69) is 10.2 Å². The van der Waals surface area contributed by atoms with E-state index < -0.39 is 15.9 Å². The Kier molecular flexibility index (Phi) is 5.09. The summed E-state index contributed by atoms with van der Waals surface area (Å²) in [7, 11) is -2.34. The number of amides is 1. The van der Waals surface area contributed by atoms with E-state index in [-0.39, 0.29) is 22.1 Å². The fraction of sp³-hybridized carbons (Fsp3) is 0.300. The third-order valence-electron chi connectivity index (χ3n) is 2.07. The van der Waals surface area contributed by atoms with Crippen molar-refractivity contribution in [1.29, 1.82) is 0 Å². The third-order valence-corrected chi connectivity index (χ3v) is 3.81. The van der Waals surface area contributed by atoms with Gasteiger partial charge in [0.25, 0.3) is 5.91 Å². The predicted octanol–water partition coefficient (Wildman–Crippen LogP) is 0.929. The molecule has 18 heavy (non-hydrogen) atoms. The maximum Gasteiger partial charge on any atom is 0.276 e. The second kappa shape index (κ2) is 6.14. The molecule has 100 valence electrons. The Balaban J connectivity index is 3.13. The fourth-order valence-electron chi connectivity index (χ4n) is 1.16. The molecular formula is C10H13ClN2O4S. The Morgan fingerprint density at radius 3 is 2.67 bits per heavy atom. The van der Waals surface area contributed by atoms with E-state index >= 15 is 0 Å². The van der Waals surface area contributed by atoms with Crippen LogP contribution in [-0.2, 0) is 14.9 Å². The van der Waals surface area contributed by atoms with Crippen LogP contribution in [0.1, 0.15) is 17.3 Å². The molecular weight excluding hydrogens is 280 g/mol. The van der Waals surface area contributed by atoms with Crippen molar-refractivity contribution in [3.05, 3.63) is 28.8 Å². The highest BCUT2D eigenvalue weighted by Crippen LogP contribution is 2.20. The van der Waals surface area contributed by atoms with Gasteiger partial charge in [0, 0.05) is 0 Å². The van der Waals surface area contributed by atoms with Gasteiger partial charge in [-0.3, -0.25) is 9.63 Å². The molecule has 0 saturated heterocycles. The quantitative estimate of drug-likeness (QED) is 0.791. The molecule has 0 atom stereocenters. The van der Waals surface area contributed by atoms with Crippen molar-refractivity contribution in [3.63, 3.8) is 0 Å². The number of halogens is 1. The summed E-state index contributed by atoms with van der Waals surface area (Å²) < 4.78 is 25.3. The highest BCUT2D eigenvalue weighted by atomic mass is 35.5. The number of sulfonamides is 1. The molecule has 6 nitrogen and oxygen atoms in total. The molecule has 1 amide bonds. The molecule has 0 saturated carbocycles. The lowest BCUT2D eigenvalue weighted by atomic mass is 10.2. The first kappa shape index (κ1) is 14.9. The predicted molar refractivity (Wildman–Crippen MR) is 66.8 cm³/mol. The van der Waals surface area contributed by atoms with Crippen molar-refractivity contribution < 1.29 is 18.0 Å². The monoisotopic (exact) mass is 292 g/mol. The first-order valence-electron chi connectivity index (χ1n) is 5.07. The van der Waals surface area contributed by atoms with Gasteiger partial charge in [0.1, 0.15) is 0 Å². The standard InChI is InChI=1S/C10H13ClN2O4S/c1-3-17-13-10(14)8-6-7(4-5-9(8)11)18(15,16)12-2/h4-6,12H,3H2,1-2H3,(H,13,14). The Labute approximate surface area is 110 Å². The molecule has 0 fully saturated rings. The molecule has 8 heteroatoms. The van der Waals surface area contributed by atoms with Crippen molar-refractivity contribution in [3.8, 4) is 0 Å². The Morgan fingerprint density at radius 2 is 2.11 bits per heavy atom. The van der Waals surface area contributed by atoms with Crippen LogP contribution in [0.3, 0.4) is 0 Å². The number of benzene rings is 1. The topological polar surface area (TPSA) is 84.5 Å². The zero-order chi connectivity index (χ0) is 13.8. The van der Waals surface area contributed by atoms with Crippen LogP contribution in [0.5, 0.6) is 0 Å². The minimum absolute atomic E-state index is 0.0291. The molecule has 2 N–H and O–H groups in total. The molecule has 0 spiro atoms. The van der Waals surface area contributed by atoms with Crippen LogP contribution >= 0.6 is 11.6 Å². The Morgan fingerprint density at radius 1 is 1.44 bits per heavy atom. The van der Waals surface area contributed by atoms with Gasteiger partial charge in [0.05, 0.1) is 22.1 Å². The minimum atomic E-state index is -3.62. The summed E-state index contributed by atoms with van der Waals surface area (Å²) in [6.45, 7) is 1.99. The fourth-order valence-corrected chi connectivity index (χ4v) is 2.12. The second-order valence-electron chi connectivity index (χ2n) is 3.21. The number of hydrogen-bond acceptors (Lipinski definition) is 4. The number of hydroxylamine groups is 1. The third kappa shape index (κ3) is 3.42. The molecule has 0 unspecified atom stereocenters. The zero-order valence-corrected chi connectivity index (χ0v) is 11.4. The Hall–Kier alpha value is -1.15. The van der Waals surface area contributed by atoms with Crippen LogP contribution < -0.4 is 10.2 Å². The lowest BCUT2D eigenvalue weighted by Gasteiger charge is -2.08. The molecule has 0 aliphatic rings. The van der Waals surface area contributed by atoms with E-state index in [0.717, 1.165) is 0 Å². The molecule has 0 aliphatic carbocycles. The smallest absolute Gasteiger partial charge is 0.274 e. The van der Waals surface area contributed by atoms with Crippen molar-refractivity contribution in [1.82, 2.24) is 10.2 Å². The van der Waals surface area contributed by atoms with E-state index in [1.165, 1.54) is 25.2 Å². The lowest BCUT2D eigenvalue weighted by Crippen LogP contribution is -2.25. The zero-order valence-electron chi connectivity index (χ0n) is 9.86. The van der Waals surface area contributed by atoms with Crippen LogP contribution in [0, 0.1) is 0 Å². The van der Waals surface area contributed by atoms with Gasteiger partial charge in [0.2, 0.25) is 10.0 Å². The first-order chi connectivity index (χ1) is 8.42. The molecule has 0 aliphatic heterocycles. The van der Waals surface area contributed by atoms with Crippen molar-refractivity contribution in [2.45, 2.75) is 11.8 Å². The highest BCUT2D eigenvalue weighted by Gasteiger charge is 2.17. The minimum Gasteiger partial charge on any atom is -0.274 e. The van der Waals surface area contributed by atoms with E-state index in [0.29, 0.717) is 0 Å². The molecule has 0 radical (unpaired) electrons. The van der Waals surface area contributed by atoms with Gasteiger partial charge in [-0.2, -0.15) is 0 Å². The molecule has 0 heterocycles. The number of nitrogens with one attached hydrogen (secondary N) is 2. The first-order valence-corrected chi connectivity index (χ1v) is 6.93. The van der Waals surface area contributed by atoms with Crippen LogP contribution in [-0.4, -0.2) is 28.0 Å². The summed E-state index contributed by atoms with van der Waals surface area (Å²) >= 11 is 5.83. The van der Waals surface area contributed by atoms with Crippen molar-refractivity contribution >= 4 is 27.5 Å². The average molecular weight is 293 g/mol. The van der Waals surface area contributed by atoms with Crippen molar-refractivity contribution in [2.24, 2.45) is 0 Å². The molecule has 0 aromatic heterocycles. The number of carbonyl (C=O) groups is 1. The summed E-state index contributed by atoms with van der Waals surface area (Å²) in [5, 5.41) is 0.141. The van der Waals surface area contributed by atoms with Crippen LogP contribution in [0.25, 0.3) is 0 Å². The molecule has 1 aromatic carbocycles. The maximum atomic E-state index is 11.7. The van der Waals surface area contributed by atoms with Crippen LogP contribution in [0.2, 0.25) is 5.02 Å². The molecule has 0 bridgehead atoms. The van der Waals surface area contributed by atoms with Gasteiger partial charge in [-0.25, -0.2) is 18.6 Å². The normalized spacial score (nSPS) is 11.3. The Bertz CT molecular complexity index is 545. The second-order valence-corrected chi connectivity index (χ2v) is 5.51. The number of carbonyl (C=O) groups excluding carboxylic acids is 1. The summed E-state index contributed by atoms with van der Waals surface area (Å²) in [5.41, 5.74) is 2.18. The van der Waals surface area contributed by atoms with Crippen LogP contribution in [0.4, 0.5) is 0 Å². The average Bonchev–Trinajstić information content (AvgIpc) is 2.36. The van der Waals surface area contributed by atoms with E-state index in [4.69, 9.17) is 16.4 Å². The van der Waals surface area contributed by atoms with Crippen LogP contribution in [0.15, 0.2) is 23.1 Å². The molecule has 1 aromatic rings. The van der Waals surface area contributed by atoms with E-state index in [1.807, 2.05) is 0 Å². The van der Waals surface area contributed by atoms with Gasteiger partial charge in [0.15, 0.2) is 0 Å². The number of rotatable bonds is 5. The van der Waals surface area contributed by atoms with Gasteiger partial charge in [-0.05, 0) is 32.2 Å². The lowest BCUT2D eigenvalue weighted by molar-refractivity contribution is 0.0364. The maximum absolute atomic E-state index is 11.7. The van der Waals surface area contributed by atoms with Gasteiger partial charge >= 0.3 is 0 Å².